The van der Waals surface area contributed by atoms with Gasteiger partial charge in [0.2, 0.25) is 5.91 Å². The van der Waals surface area contributed by atoms with Crippen LogP contribution in [-0.4, -0.2) is 55.8 Å². The molecule has 1 amide bonds. The number of carbonyl (C=O) groups is 1. The number of benzene rings is 2. The van der Waals surface area contributed by atoms with E-state index in [2.05, 4.69) is 4.90 Å². The number of halogens is 4. The second kappa shape index (κ2) is 11.0. The molecule has 0 bridgehead atoms. The third-order valence-electron chi connectivity index (χ3n) is 6.52. The molecule has 0 radical (unpaired) electrons. The highest BCUT2D eigenvalue weighted by atomic mass is 35.5. The lowest BCUT2D eigenvalue weighted by molar-refractivity contribution is -0.139. The molecule has 2 fully saturated rings. The van der Waals surface area contributed by atoms with Crippen LogP contribution in [0.5, 0.6) is 5.75 Å². The highest BCUT2D eigenvalue weighted by molar-refractivity contribution is 6.30. The molecule has 6 nitrogen and oxygen atoms in total. The van der Waals surface area contributed by atoms with E-state index in [9.17, 15) is 18.0 Å². The molecule has 1 saturated carbocycles. The molecule has 1 aliphatic heterocycles. The van der Waals surface area contributed by atoms with Crippen molar-refractivity contribution in [3.8, 4) is 5.75 Å². The molecular formula is C25H29ClF3N3O3. The molecule has 1 saturated heterocycles. The zero-order valence-electron chi connectivity index (χ0n) is 19.3. The lowest BCUT2D eigenvalue weighted by Gasteiger charge is -2.36. The first-order valence-corrected chi connectivity index (χ1v) is 12.1. The second-order valence-corrected chi connectivity index (χ2v) is 9.36. The van der Waals surface area contributed by atoms with Crippen LogP contribution in [0.3, 0.4) is 0 Å². The van der Waals surface area contributed by atoms with E-state index in [0.29, 0.717) is 43.8 Å². The predicted molar refractivity (Wildman–Crippen MR) is 129 cm³/mol. The van der Waals surface area contributed by atoms with Crippen molar-refractivity contribution < 1.29 is 27.4 Å². The quantitative estimate of drug-likeness (QED) is 0.553. The van der Waals surface area contributed by atoms with Crippen LogP contribution in [-0.2, 0) is 15.7 Å². The summed E-state index contributed by atoms with van der Waals surface area (Å²) >= 11 is 5.95. The topological polar surface area (TPSA) is 68.0 Å². The molecule has 1 heterocycles. The first kappa shape index (κ1) is 25.4. The highest BCUT2D eigenvalue weighted by Gasteiger charge is 2.34. The van der Waals surface area contributed by atoms with Gasteiger partial charge in [-0.1, -0.05) is 11.6 Å². The van der Waals surface area contributed by atoms with Crippen LogP contribution >= 0.6 is 11.6 Å². The number of hydrogen-bond acceptors (Lipinski definition) is 5. The number of carbonyl (C=O) groups excluding carboxylic acids is 1. The van der Waals surface area contributed by atoms with E-state index in [1.807, 2.05) is 29.2 Å². The van der Waals surface area contributed by atoms with E-state index >= 15 is 0 Å². The summed E-state index contributed by atoms with van der Waals surface area (Å²) in [7, 11) is 0. The van der Waals surface area contributed by atoms with Crippen LogP contribution in [0.25, 0.3) is 0 Å². The lowest BCUT2D eigenvalue weighted by Crippen LogP contribution is -2.50. The van der Waals surface area contributed by atoms with Gasteiger partial charge >= 0.3 is 6.18 Å². The number of rotatable bonds is 6. The summed E-state index contributed by atoms with van der Waals surface area (Å²) in [6, 6.07) is 11.3. The summed E-state index contributed by atoms with van der Waals surface area (Å²) < 4.78 is 50.8. The van der Waals surface area contributed by atoms with Gasteiger partial charge in [-0.15, -0.1) is 0 Å². The van der Waals surface area contributed by atoms with Crippen molar-refractivity contribution in [3.63, 3.8) is 0 Å². The van der Waals surface area contributed by atoms with Crippen molar-refractivity contribution in [2.45, 2.75) is 44.1 Å². The Hall–Kier alpha value is -2.65. The number of alkyl halides is 3. The van der Waals surface area contributed by atoms with Gasteiger partial charge in [-0.05, 0) is 68.1 Å². The maximum atomic E-state index is 13.1. The number of anilines is 2. The molecule has 4 rings (SSSR count). The molecule has 0 aromatic heterocycles. The third-order valence-corrected chi connectivity index (χ3v) is 6.77. The van der Waals surface area contributed by atoms with E-state index in [-0.39, 0.29) is 36.2 Å². The highest BCUT2D eigenvalue weighted by Crippen LogP contribution is 2.36. The molecule has 10 heteroatoms. The van der Waals surface area contributed by atoms with Crippen LogP contribution < -0.4 is 15.4 Å². The van der Waals surface area contributed by atoms with Gasteiger partial charge in [-0.25, -0.2) is 0 Å². The Kier molecular flexibility index (Phi) is 7.96. The molecule has 2 aromatic carbocycles. The van der Waals surface area contributed by atoms with Gasteiger partial charge in [0.25, 0.3) is 0 Å². The predicted octanol–water partition coefficient (Wildman–Crippen LogP) is 5.00. The van der Waals surface area contributed by atoms with Gasteiger partial charge in [-0.2, -0.15) is 13.2 Å². The van der Waals surface area contributed by atoms with Crippen LogP contribution in [0.4, 0.5) is 24.5 Å². The summed E-state index contributed by atoms with van der Waals surface area (Å²) in [5, 5.41) is 0.696. The summed E-state index contributed by atoms with van der Waals surface area (Å²) in [6.07, 6.45) is -2.13. The number of amides is 1. The largest absolute Gasteiger partial charge is 0.490 e. The fraction of sp³-hybridized carbons (Fsp3) is 0.480. The molecule has 2 aromatic rings. The minimum absolute atomic E-state index is 0.0271. The van der Waals surface area contributed by atoms with Gasteiger partial charge in [0.15, 0.2) is 0 Å². The average molecular weight is 512 g/mol. The fourth-order valence-electron chi connectivity index (χ4n) is 4.51. The van der Waals surface area contributed by atoms with Crippen molar-refractivity contribution in [2.75, 3.05) is 43.4 Å². The molecule has 190 valence electrons. The van der Waals surface area contributed by atoms with E-state index in [1.165, 1.54) is 12.1 Å². The zero-order chi connectivity index (χ0) is 25.0. The maximum Gasteiger partial charge on any atom is 0.418 e. The first-order chi connectivity index (χ1) is 16.7. The zero-order valence-corrected chi connectivity index (χ0v) is 20.0. The van der Waals surface area contributed by atoms with Gasteiger partial charge in [-0.3, -0.25) is 4.79 Å². The van der Waals surface area contributed by atoms with E-state index in [1.54, 1.807) is 0 Å². The van der Waals surface area contributed by atoms with E-state index in [0.717, 1.165) is 24.8 Å². The van der Waals surface area contributed by atoms with Gasteiger partial charge < -0.3 is 25.0 Å². The van der Waals surface area contributed by atoms with Crippen molar-refractivity contribution in [3.05, 3.63) is 53.1 Å². The van der Waals surface area contributed by atoms with E-state index in [4.69, 9.17) is 26.8 Å². The fourth-order valence-corrected chi connectivity index (χ4v) is 4.64. The van der Waals surface area contributed by atoms with Crippen LogP contribution in [0.1, 0.15) is 31.2 Å². The van der Waals surface area contributed by atoms with Crippen molar-refractivity contribution >= 4 is 28.9 Å². The molecule has 2 N–H and O–H groups in total. The number of hydrogen-bond donors (Lipinski definition) is 1. The Balaban J connectivity index is 1.17. The summed E-state index contributed by atoms with van der Waals surface area (Å²) in [5.41, 5.74) is 5.32. The lowest BCUT2D eigenvalue weighted by atomic mass is 9.95. The molecule has 1 aliphatic carbocycles. The number of nitrogens with two attached hydrogens (primary N) is 1. The molecule has 0 unspecified atom stereocenters. The maximum absolute atomic E-state index is 13.1. The molecule has 0 atom stereocenters. The summed E-state index contributed by atoms with van der Waals surface area (Å²) in [5.74, 6) is 0.129. The molecule has 35 heavy (non-hydrogen) atoms. The van der Waals surface area contributed by atoms with Gasteiger partial charge in [0.05, 0.1) is 17.8 Å². The monoisotopic (exact) mass is 511 g/mol. The average Bonchev–Trinajstić information content (AvgIpc) is 2.84. The first-order valence-electron chi connectivity index (χ1n) is 11.7. The van der Waals surface area contributed by atoms with Crippen molar-refractivity contribution in [2.24, 2.45) is 0 Å². The number of nitrogen functional groups attached to an aromatic ring is 1. The van der Waals surface area contributed by atoms with E-state index < -0.39 is 11.7 Å². The Morgan fingerprint density at radius 3 is 2.23 bits per heavy atom. The Labute approximate surface area is 207 Å². The number of ether oxygens (including phenoxy) is 2. The third kappa shape index (κ3) is 6.73. The Bertz CT molecular complexity index is 1000. The second-order valence-electron chi connectivity index (χ2n) is 8.92. The van der Waals surface area contributed by atoms with Crippen molar-refractivity contribution in [1.82, 2.24) is 4.90 Å². The minimum Gasteiger partial charge on any atom is -0.490 e. The summed E-state index contributed by atoms with van der Waals surface area (Å²) in [6.45, 7) is 2.79. The smallest absolute Gasteiger partial charge is 0.418 e. The Morgan fingerprint density at radius 2 is 1.60 bits per heavy atom. The minimum atomic E-state index is -4.52. The van der Waals surface area contributed by atoms with Crippen LogP contribution in [0.15, 0.2) is 42.5 Å². The molecule has 2 aliphatic rings. The van der Waals surface area contributed by atoms with Gasteiger partial charge in [0.1, 0.15) is 12.4 Å². The van der Waals surface area contributed by atoms with Crippen LogP contribution in [0.2, 0.25) is 5.02 Å². The van der Waals surface area contributed by atoms with Crippen LogP contribution in [0, 0.1) is 0 Å². The molecule has 0 spiro atoms. The van der Waals surface area contributed by atoms with Gasteiger partial charge in [0, 0.05) is 42.6 Å². The number of piperazine rings is 1. The standard InChI is InChI=1S/C25H29ClF3N3O3/c26-17-1-3-18(4-2-17)31-11-13-32(14-12-31)24(33)16-34-19-5-7-20(8-6-19)35-21-9-10-23(30)22(15-21)25(27,28)29/h1-4,9-10,15,19-20H,5-8,11-14,16,30H2. The van der Waals surface area contributed by atoms with Crippen molar-refractivity contribution in [1.29, 1.82) is 0 Å². The molecular weight excluding hydrogens is 483 g/mol. The number of nitrogens with zero attached hydrogens (tertiary/aromatic N) is 2. The summed E-state index contributed by atoms with van der Waals surface area (Å²) in [4.78, 5) is 16.7. The SMILES string of the molecule is Nc1ccc(OC2CCC(OCC(=O)N3CCN(c4ccc(Cl)cc4)CC3)CC2)cc1C(F)(F)F. The Morgan fingerprint density at radius 1 is 0.971 bits per heavy atom. The normalized spacial score (nSPS) is 21.1.